The fourth-order valence-corrected chi connectivity index (χ4v) is 9.92. The van der Waals surface area contributed by atoms with Crippen molar-refractivity contribution in [1.82, 2.24) is 0 Å². The van der Waals surface area contributed by atoms with E-state index in [0.717, 1.165) is 0 Å². The molecule has 0 aliphatic heterocycles. The lowest BCUT2D eigenvalue weighted by atomic mass is 9.62. The van der Waals surface area contributed by atoms with Gasteiger partial charge in [0.05, 0.1) is 0 Å². The standard InChI is InChI=1S/C54H40/c1-53(2)47-28-29-48-52-46(44-25-23-40(32-50(44)54(48,3)4)42-15-9-13-36-11-7-8-14-41(36)42)27-26-45(51(47)52)43-24-22-39(31-49(43)53)35-18-16-34(17-19-35)38-21-20-33-10-5-6-12-37(33)30-38/h5-32H,1-4H3. The number of hydrogen-bond acceptors (Lipinski definition) is 0. The third-order valence-electron chi connectivity index (χ3n) is 12.9. The Bertz CT molecular complexity index is 3020. The Morgan fingerprint density at radius 1 is 0.278 bits per heavy atom. The predicted molar refractivity (Wildman–Crippen MR) is 230 cm³/mol. The van der Waals surface area contributed by atoms with Gasteiger partial charge in [0.1, 0.15) is 0 Å². The van der Waals surface area contributed by atoms with E-state index in [1.165, 1.54) is 110 Å². The van der Waals surface area contributed by atoms with Crippen LogP contribution in [0.3, 0.4) is 0 Å². The molecule has 54 heavy (non-hydrogen) atoms. The molecule has 11 rings (SSSR count). The van der Waals surface area contributed by atoms with E-state index in [1.54, 1.807) is 0 Å². The van der Waals surface area contributed by atoms with E-state index in [2.05, 4.69) is 198 Å². The minimum atomic E-state index is -0.164. The van der Waals surface area contributed by atoms with E-state index in [-0.39, 0.29) is 10.8 Å². The van der Waals surface area contributed by atoms with E-state index in [0.29, 0.717) is 0 Å². The molecule has 9 aromatic rings. The molecule has 0 N–H and O–H groups in total. The molecule has 2 aliphatic carbocycles. The Morgan fingerprint density at radius 3 is 1.39 bits per heavy atom. The smallest absolute Gasteiger partial charge is 0.0159 e. The first-order chi connectivity index (χ1) is 26.3. The molecule has 2 aliphatic rings. The molecule has 0 fully saturated rings. The SMILES string of the molecule is CC1(C)c2cc(-c3ccc(-c4ccc5ccccc5c4)cc3)ccc2-c2ccc3c4c(ccc1c24)C(C)(C)c1cc(-c2cccc4ccccc24)ccc1-3. The summed E-state index contributed by atoms with van der Waals surface area (Å²) in [6.45, 7) is 9.68. The first-order valence-electron chi connectivity index (χ1n) is 19.3. The Morgan fingerprint density at radius 2 is 0.741 bits per heavy atom. The van der Waals surface area contributed by atoms with Crippen LogP contribution in [0.15, 0.2) is 170 Å². The number of rotatable bonds is 3. The third-order valence-corrected chi connectivity index (χ3v) is 12.9. The van der Waals surface area contributed by atoms with Crippen LogP contribution >= 0.6 is 0 Å². The Labute approximate surface area is 317 Å². The molecule has 0 heterocycles. The predicted octanol–water partition coefficient (Wildman–Crippen LogP) is 14.8. The Hall–Kier alpha value is -6.24. The number of benzene rings is 9. The topological polar surface area (TPSA) is 0 Å². The zero-order valence-electron chi connectivity index (χ0n) is 31.2. The summed E-state index contributed by atoms with van der Waals surface area (Å²) < 4.78 is 0. The Balaban J connectivity index is 1.02. The largest absolute Gasteiger partial charge is 0.0616 e. The highest BCUT2D eigenvalue weighted by Gasteiger charge is 2.39. The molecule has 256 valence electrons. The molecule has 0 nitrogen and oxygen atoms in total. The molecular weight excluding hydrogens is 649 g/mol. The fourth-order valence-electron chi connectivity index (χ4n) is 9.92. The maximum Gasteiger partial charge on any atom is 0.0159 e. The van der Waals surface area contributed by atoms with Crippen LogP contribution in [-0.4, -0.2) is 0 Å². The zero-order chi connectivity index (χ0) is 36.3. The van der Waals surface area contributed by atoms with Gasteiger partial charge in [-0.1, -0.05) is 179 Å². The van der Waals surface area contributed by atoms with Gasteiger partial charge >= 0.3 is 0 Å². The van der Waals surface area contributed by atoms with Crippen LogP contribution in [-0.2, 0) is 10.8 Å². The lowest BCUT2D eigenvalue weighted by Crippen LogP contribution is -2.28. The van der Waals surface area contributed by atoms with Crippen LogP contribution in [0.4, 0.5) is 0 Å². The monoisotopic (exact) mass is 688 g/mol. The van der Waals surface area contributed by atoms with E-state index in [9.17, 15) is 0 Å². The van der Waals surface area contributed by atoms with Gasteiger partial charge in [0.15, 0.2) is 0 Å². The minimum absolute atomic E-state index is 0.159. The maximum atomic E-state index is 2.47. The average Bonchev–Trinajstić information content (AvgIpc) is 3.21. The van der Waals surface area contributed by atoms with Gasteiger partial charge in [-0.25, -0.2) is 0 Å². The normalized spacial score (nSPS) is 14.6. The molecule has 0 atom stereocenters. The summed E-state index contributed by atoms with van der Waals surface area (Å²) in [6, 6.07) is 63.9. The average molecular weight is 689 g/mol. The van der Waals surface area contributed by atoms with Crippen molar-refractivity contribution in [3.8, 4) is 55.6 Å². The van der Waals surface area contributed by atoms with Crippen molar-refractivity contribution < 1.29 is 0 Å². The molecule has 0 radical (unpaired) electrons. The van der Waals surface area contributed by atoms with Crippen LogP contribution < -0.4 is 0 Å². The molecule has 0 saturated carbocycles. The van der Waals surface area contributed by atoms with Crippen LogP contribution in [0.25, 0.3) is 88.0 Å². The van der Waals surface area contributed by atoms with Crippen molar-refractivity contribution >= 4 is 32.3 Å². The summed E-state index contributed by atoms with van der Waals surface area (Å²) in [5.74, 6) is 0. The van der Waals surface area contributed by atoms with Crippen molar-refractivity contribution in [3.63, 3.8) is 0 Å². The lowest BCUT2D eigenvalue weighted by molar-refractivity contribution is 0.633. The third kappa shape index (κ3) is 4.37. The summed E-state index contributed by atoms with van der Waals surface area (Å²) in [4.78, 5) is 0. The second-order valence-electron chi connectivity index (χ2n) is 16.5. The van der Waals surface area contributed by atoms with Crippen molar-refractivity contribution in [2.24, 2.45) is 0 Å². The van der Waals surface area contributed by atoms with E-state index in [4.69, 9.17) is 0 Å². The molecule has 0 bridgehead atoms. The second-order valence-corrected chi connectivity index (χ2v) is 16.5. The second kappa shape index (κ2) is 11.1. The van der Waals surface area contributed by atoms with Gasteiger partial charge in [0.2, 0.25) is 0 Å². The van der Waals surface area contributed by atoms with Crippen molar-refractivity contribution in [2.45, 2.75) is 38.5 Å². The van der Waals surface area contributed by atoms with Crippen molar-refractivity contribution in [3.05, 3.63) is 192 Å². The number of hydrogen-bond donors (Lipinski definition) is 0. The summed E-state index contributed by atoms with van der Waals surface area (Å²) in [5.41, 5.74) is 18.3. The van der Waals surface area contributed by atoms with Crippen LogP contribution in [0.5, 0.6) is 0 Å². The van der Waals surface area contributed by atoms with E-state index in [1.807, 2.05) is 0 Å². The van der Waals surface area contributed by atoms with Crippen molar-refractivity contribution in [1.29, 1.82) is 0 Å². The lowest BCUT2D eigenvalue weighted by Gasteiger charge is -2.40. The highest BCUT2D eigenvalue weighted by Crippen LogP contribution is 2.56. The molecule has 0 amide bonds. The van der Waals surface area contributed by atoms with Gasteiger partial charge < -0.3 is 0 Å². The van der Waals surface area contributed by atoms with E-state index >= 15 is 0 Å². The fraction of sp³-hybridized carbons (Fsp3) is 0.111. The highest BCUT2D eigenvalue weighted by atomic mass is 14.4. The van der Waals surface area contributed by atoms with E-state index < -0.39 is 0 Å². The first-order valence-corrected chi connectivity index (χ1v) is 19.3. The molecule has 0 saturated heterocycles. The molecule has 0 aromatic heterocycles. The molecule has 0 unspecified atom stereocenters. The number of fused-ring (bicyclic) bond motifs is 6. The van der Waals surface area contributed by atoms with Crippen LogP contribution in [0.2, 0.25) is 0 Å². The summed E-state index contributed by atoms with van der Waals surface area (Å²) in [7, 11) is 0. The van der Waals surface area contributed by atoms with Gasteiger partial charge in [-0.3, -0.25) is 0 Å². The molecule has 0 spiro atoms. The molecular formula is C54H40. The highest BCUT2D eigenvalue weighted by molar-refractivity contribution is 6.13. The molecule has 9 aromatic carbocycles. The maximum absolute atomic E-state index is 2.47. The van der Waals surface area contributed by atoms with Gasteiger partial charge in [-0.2, -0.15) is 0 Å². The van der Waals surface area contributed by atoms with Crippen LogP contribution in [0.1, 0.15) is 49.9 Å². The Kier molecular flexibility index (Phi) is 6.46. The summed E-state index contributed by atoms with van der Waals surface area (Å²) in [6.07, 6.45) is 0. The quantitative estimate of drug-likeness (QED) is 0.173. The van der Waals surface area contributed by atoms with Crippen LogP contribution in [0, 0.1) is 0 Å². The van der Waals surface area contributed by atoms with Gasteiger partial charge in [-0.05, 0) is 128 Å². The summed E-state index contributed by atoms with van der Waals surface area (Å²) in [5, 5.41) is 7.97. The van der Waals surface area contributed by atoms with Crippen molar-refractivity contribution in [2.75, 3.05) is 0 Å². The van der Waals surface area contributed by atoms with Gasteiger partial charge in [0, 0.05) is 10.8 Å². The van der Waals surface area contributed by atoms with Gasteiger partial charge in [0.25, 0.3) is 0 Å². The summed E-state index contributed by atoms with van der Waals surface area (Å²) >= 11 is 0. The molecule has 0 heteroatoms. The first kappa shape index (κ1) is 31.3. The minimum Gasteiger partial charge on any atom is -0.0616 e. The zero-order valence-corrected chi connectivity index (χ0v) is 31.2. The van der Waals surface area contributed by atoms with Gasteiger partial charge in [-0.15, -0.1) is 0 Å².